The number of aryl methyl sites for hydroxylation is 1. The monoisotopic (exact) mass is 294 g/mol. The molecule has 7 heteroatoms. The first kappa shape index (κ1) is 16.5. The summed E-state index contributed by atoms with van der Waals surface area (Å²) in [5.41, 5.74) is 1.21. The average molecular weight is 294 g/mol. The minimum atomic E-state index is -1.04. The topological polar surface area (TPSA) is 105 Å². The molecule has 1 rings (SSSR count). The van der Waals surface area contributed by atoms with E-state index in [0.29, 0.717) is 11.3 Å². The van der Waals surface area contributed by atoms with Gasteiger partial charge in [0.25, 0.3) is 0 Å². The summed E-state index contributed by atoms with van der Waals surface area (Å²) in [6, 6.07) is 2.99. The highest BCUT2D eigenvalue weighted by molar-refractivity contribution is 5.94. The lowest BCUT2D eigenvalue weighted by Gasteiger charge is -2.14. The Morgan fingerprint density at radius 2 is 2.00 bits per heavy atom. The molecule has 1 unspecified atom stereocenters. The number of carbonyl (C=O) groups is 3. The first-order valence-corrected chi connectivity index (χ1v) is 6.43. The van der Waals surface area contributed by atoms with Crippen molar-refractivity contribution >= 4 is 23.7 Å². The van der Waals surface area contributed by atoms with Gasteiger partial charge in [-0.3, -0.25) is 0 Å². The second-order valence-corrected chi connectivity index (χ2v) is 4.41. The first-order valence-electron chi connectivity index (χ1n) is 6.43. The lowest BCUT2D eigenvalue weighted by atomic mass is 10.1. The van der Waals surface area contributed by atoms with Gasteiger partial charge in [-0.1, -0.05) is 0 Å². The average Bonchev–Trinajstić information content (AvgIpc) is 2.40. The molecular weight excluding hydrogens is 276 g/mol. The third kappa shape index (κ3) is 4.79. The van der Waals surface area contributed by atoms with Gasteiger partial charge < -0.3 is 20.5 Å². The molecule has 0 bridgehead atoms. The van der Waals surface area contributed by atoms with Crippen molar-refractivity contribution in [1.82, 2.24) is 5.32 Å². The van der Waals surface area contributed by atoms with E-state index in [1.54, 1.807) is 13.8 Å². The highest BCUT2D eigenvalue weighted by Gasteiger charge is 2.17. The summed E-state index contributed by atoms with van der Waals surface area (Å²) in [7, 11) is 0. The number of urea groups is 1. The molecule has 114 valence electrons. The molecule has 0 saturated heterocycles. The molecule has 0 spiro atoms. The third-order valence-corrected chi connectivity index (χ3v) is 2.71. The minimum absolute atomic E-state index is 0.137. The van der Waals surface area contributed by atoms with Crippen molar-refractivity contribution in [3.05, 3.63) is 29.3 Å². The number of carbonyl (C=O) groups excluding carboxylic acids is 2. The van der Waals surface area contributed by atoms with Gasteiger partial charge in [-0.2, -0.15) is 0 Å². The summed E-state index contributed by atoms with van der Waals surface area (Å²) in [4.78, 5) is 34.0. The number of carboxylic acid groups (broad SMARTS) is 1. The number of rotatable bonds is 5. The van der Waals surface area contributed by atoms with E-state index in [1.165, 1.54) is 25.1 Å². The molecule has 0 aliphatic rings. The zero-order chi connectivity index (χ0) is 16.0. The molecular formula is C14H18N2O5. The maximum absolute atomic E-state index is 11.8. The number of carboxylic acids is 1. The van der Waals surface area contributed by atoms with Crippen molar-refractivity contribution < 1.29 is 24.2 Å². The molecule has 0 fully saturated rings. The molecule has 1 aromatic rings. The fourth-order valence-electron chi connectivity index (χ4n) is 1.62. The maximum Gasteiger partial charge on any atom is 0.335 e. The van der Waals surface area contributed by atoms with Gasteiger partial charge in [0.15, 0.2) is 0 Å². The molecule has 3 N–H and O–H groups in total. The largest absolute Gasteiger partial charge is 0.478 e. The highest BCUT2D eigenvalue weighted by atomic mass is 16.5. The Bertz CT molecular complexity index is 556. The smallest absolute Gasteiger partial charge is 0.335 e. The minimum Gasteiger partial charge on any atom is -0.478 e. The molecule has 0 aromatic heterocycles. The van der Waals surface area contributed by atoms with Crippen molar-refractivity contribution in [2.75, 3.05) is 11.9 Å². The van der Waals surface area contributed by atoms with Crippen molar-refractivity contribution in [2.45, 2.75) is 26.8 Å². The zero-order valence-electron chi connectivity index (χ0n) is 12.1. The fraction of sp³-hybridized carbons (Fsp3) is 0.357. The Hall–Kier alpha value is -2.57. The van der Waals surface area contributed by atoms with Crippen LogP contribution in [-0.2, 0) is 9.53 Å². The Morgan fingerprint density at radius 1 is 1.33 bits per heavy atom. The molecule has 21 heavy (non-hydrogen) atoms. The first-order chi connectivity index (χ1) is 9.85. The lowest BCUT2D eigenvalue weighted by Crippen LogP contribution is -2.41. The van der Waals surface area contributed by atoms with Crippen LogP contribution in [0.4, 0.5) is 10.5 Å². The number of nitrogens with one attached hydrogen (secondary N) is 2. The molecule has 0 radical (unpaired) electrons. The summed E-state index contributed by atoms with van der Waals surface area (Å²) in [6.45, 7) is 5.11. The number of anilines is 1. The number of hydrogen-bond acceptors (Lipinski definition) is 4. The zero-order valence-corrected chi connectivity index (χ0v) is 12.1. The van der Waals surface area contributed by atoms with E-state index in [9.17, 15) is 14.4 Å². The molecule has 0 aliphatic carbocycles. The van der Waals surface area contributed by atoms with E-state index in [1.807, 2.05) is 0 Å². The van der Waals surface area contributed by atoms with Gasteiger partial charge in [0.1, 0.15) is 6.04 Å². The Morgan fingerprint density at radius 3 is 2.52 bits per heavy atom. The van der Waals surface area contributed by atoms with E-state index in [2.05, 4.69) is 10.6 Å². The van der Waals surface area contributed by atoms with Crippen LogP contribution in [0.1, 0.15) is 29.8 Å². The standard InChI is InChI=1S/C14H18N2O5/c1-4-21-13(19)9(3)15-14(20)16-11-6-5-10(12(17)18)7-8(11)2/h5-7,9H,4H2,1-3H3,(H,17,18)(H2,15,16,20). The van der Waals surface area contributed by atoms with Crippen molar-refractivity contribution in [2.24, 2.45) is 0 Å². The molecule has 2 amide bonds. The summed E-state index contributed by atoms with van der Waals surface area (Å²) in [5.74, 6) is -1.56. The summed E-state index contributed by atoms with van der Waals surface area (Å²) < 4.78 is 4.77. The summed E-state index contributed by atoms with van der Waals surface area (Å²) >= 11 is 0. The quantitative estimate of drug-likeness (QED) is 0.718. The SMILES string of the molecule is CCOC(=O)C(C)NC(=O)Nc1ccc(C(=O)O)cc1C. The van der Waals surface area contributed by atoms with Crippen LogP contribution in [-0.4, -0.2) is 35.7 Å². The molecule has 1 atom stereocenters. The second kappa shape index (κ2) is 7.28. The second-order valence-electron chi connectivity index (χ2n) is 4.41. The van der Waals surface area contributed by atoms with Crippen molar-refractivity contribution in [1.29, 1.82) is 0 Å². The number of esters is 1. The van der Waals surface area contributed by atoms with Crippen LogP contribution in [0.5, 0.6) is 0 Å². The van der Waals surface area contributed by atoms with E-state index in [0.717, 1.165) is 0 Å². The van der Waals surface area contributed by atoms with Crippen LogP contribution in [0.15, 0.2) is 18.2 Å². The molecule has 0 heterocycles. The Labute approximate surface area is 122 Å². The normalized spacial score (nSPS) is 11.4. The van der Waals surface area contributed by atoms with Crippen LogP contribution in [0.3, 0.4) is 0 Å². The summed E-state index contributed by atoms with van der Waals surface area (Å²) in [5, 5.41) is 13.9. The maximum atomic E-state index is 11.8. The van der Waals surface area contributed by atoms with Crippen molar-refractivity contribution in [3.63, 3.8) is 0 Å². The van der Waals surface area contributed by atoms with E-state index in [4.69, 9.17) is 9.84 Å². The van der Waals surface area contributed by atoms with Gasteiger partial charge in [0.2, 0.25) is 0 Å². The predicted molar refractivity (Wildman–Crippen MR) is 76.4 cm³/mol. The van der Waals surface area contributed by atoms with Crippen molar-refractivity contribution in [3.8, 4) is 0 Å². The van der Waals surface area contributed by atoms with Crippen LogP contribution in [0.25, 0.3) is 0 Å². The number of ether oxygens (including phenoxy) is 1. The van der Waals surface area contributed by atoms with E-state index < -0.39 is 24.0 Å². The Kier molecular flexibility index (Phi) is 5.71. The van der Waals surface area contributed by atoms with Gasteiger partial charge >= 0.3 is 18.0 Å². The molecule has 0 aliphatic heterocycles. The van der Waals surface area contributed by atoms with Crippen LogP contribution in [0, 0.1) is 6.92 Å². The van der Waals surface area contributed by atoms with Gasteiger partial charge in [-0.15, -0.1) is 0 Å². The third-order valence-electron chi connectivity index (χ3n) is 2.71. The van der Waals surface area contributed by atoms with Gasteiger partial charge in [0, 0.05) is 5.69 Å². The lowest BCUT2D eigenvalue weighted by molar-refractivity contribution is -0.144. The molecule has 0 saturated carbocycles. The van der Waals surface area contributed by atoms with Crippen LogP contribution >= 0.6 is 0 Å². The van der Waals surface area contributed by atoms with Crippen LogP contribution in [0.2, 0.25) is 0 Å². The van der Waals surface area contributed by atoms with E-state index in [-0.39, 0.29) is 12.2 Å². The molecule has 1 aromatic carbocycles. The predicted octanol–water partition coefficient (Wildman–Crippen LogP) is 1.77. The van der Waals surface area contributed by atoms with Gasteiger partial charge in [0.05, 0.1) is 12.2 Å². The van der Waals surface area contributed by atoms with Gasteiger partial charge in [-0.25, -0.2) is 14.4 Å². The summed E-state index contributed by atoms with van der Waals surface area (Å²) in [6.07, 6.45) is 0. The van der Waals surface area contributed by atoms with Gasteiger partial charge in [-0.05, 0) is 44.5 Å². The molecule has 7 nitrogen and oxygen atoms in total. The van der Waals surface area contributed by atoms with Crippen LogP contribution < -0.4 is 10.6 Å². The van der Waals surface area contributed by atoms with E-state index >= 15 is 0 Å². The fourth-order valence-corrected chi connectivity index (χ4v) is 1.62. The number of hydrogen-bond donors (Lipinski definition) is 3. The number of benzene rings is 1. The Balaban J connectivity index is 2.67. The number of amides is 2. The number of aromatic carboxylic acids is 1. The highest BCUT2D eigenvalue weighted by Crippen LogP contribution is 2.16.